The van der Waals surface area contributed by atoms with Crippen molar-refractivity contribution in [2.75, 3.05) is 13.1 Å². The number of nitrogens with one attached hydrogen (secondary N) is 3. The van der Waals surface area contributed by atoms with Gasteiger partial charge in [-0.2, -0.15) is 0 Å². The molecule has 1 aliphatic heterocycles. The smallest absolute Gasteiger partial charge is 0.241 e. The van der Waals surface area contributed by atoms with Crippen LogP contribution in [0.3, 0.4) is 0 Å². The zero-order chi connectivity index (χ0) is 20.4. The van der Waals surface area contributed by atoms with Crippen molar-refractivity contribution in [2.24, 2.45) is 0 Å². The van der Waals surface area contributed by atoms with Crippen molar-refractivity contribution in [3.63, 3.8) is 0 Å². The number of carbonyl (C=O) groups excluding carboxylic acids is 1. The molecule has 2 atom stereocenters. The number of sulfonamides is 1. The second kappa shape index (κ2) is 8.71. The van der Waals surface area contributed by atoms with Gasteiger partial charge in [0.15, 0.2) is 0 Å². The van der Waals surface area contributed by atoms with Crippen LogP contribution in [-0.2, 0) is 14.8 Å². The average molecular weight is 396 g/mol. The first-order chi connectivity index (χ1) is 12.5. The molecule has 2 unspecified atom stereocenters. The second-order valence-electron chi connectivity index (χ2n) is 7.75. The molecule has 1 fully saturated rings. The van der Waals surface area contributed by atoms with Crippen molar-refractivity contribution < 1.29 is 13.2 Å². The van der Waals surface area contributed by atoms with E-state index in [-0.39, 0.29) is 24.9 Å². The number of hydrogen-bond acceptors (Lipinski definition) is 4. The van der Waals surface area contributed by atoms with Gasteiger partial charge in [0.2, 0.25) is 15.9 Å². The molecule has 7 heteroatoms. The Balaban J connectivity index is 2.00. The third-order valence-corrected chi connectivity index (χ3v) is 7.57. The van der Waals surface area contributed by atoms with E-state index < -0.39 is 10.0 Å². The topological polar surface area (TPSA) is 87.3 Å². The monoisotopic (exact) mass is 395 g/mol. The Kier molecular flexibility index (Phi) is 7.05. The molecular formula is C20H33N3O3S. The molecule has 0 aromatic heterocycles. The molecule has 0 bridgehead atoms. The van der Waals surface area contributed by atoms with E-state index >= 15 is 0 Å². The highest BCUT2D eigenvalue weighted by atomic mass is 32.2. The fraction of sp³-hybridized carbons (Fsp3) is 0.650. The molecule has 2 rings (SSSR count). The van der Waals surface area contributed by atoms with Gasteiger partial charge in [0.1, 0.15) is 0 Å². The molecule has 1 amide bonds. The summed E-state index contributed by atoms with van der Waals surface area (Å²) in [5.41, 5.74) is 4.67. The molecule has 3 N–H and O–H groups in total. The molecule has 0 saturated carbocycles. The lowest BCUT2D eigenvalue weighted by molar-refractivity contribution is -0.121. The van der Waals surface area contributed by atoms with Crippen molar-refractivity contribution in [2.45, 2.75) is 77.8 Å². The van der Waals surface area contributed by atoms with E-state index in [1.807, 2.05) is 34.6 Å². The molecule has 6 nitrogen and oxygen atoms in total. The van der Waals surface area contributed by atoms with Crippen LogP contribution in [0.1, 0.15) is 54.0 Å². The maximum absolute atomic E-state index is 12.9. The minimum absolute atomic E-state index is 0.0968. The Morgan fingerprint density at radius 3 is 2.15 bits per heavy atom. The van der Waals surface area contributed by atoms with Gasteiger partial charge in [-0.25, -0.2) is 13.1 Å². The summed E-state index contributed by atoms with van der Waals surface area (Å²) >= 11 is 0. The lowest BCUT2D eigenvalue weighted by atomic mass is 9.95. The van der Waals surface area contributed by atoms with Crippen LogP contribution >= 0.6 is 0 Å². The number of rotatable bonds is 6. The van der Waals surface area contributed by atoms with E-state index in [0.717, 1.165) is 47.2 Å². The molecule has 1 aliphatic rings. The highest BCUT2D eigenvalue weighted by Crippen LogP contribution is 2.29. The van der Waals surface area contributed by atoms with E-state index in [2.05, 4.69) is 22.3 Å². The molecule has 152 valence electrons. The highest BCUT2D eigenvalue weighted by molar-refractivity contribution is 7.89. The number of carbonyl (C=O) groups is 1. The zero-order valence-corrected chi connectivity index (χ0v) is 18.1. The lowest BCUT2D eigenvalue weighted by Gasteiger charge is -2.28. The van der Waals surface area contributed by atoms with Crippen LogP contribution in [0, 0.1) is 34.6 Å². The minimum atomic E-state index is -3.66. The zero-order valence-electron chi connectivity index (χ0n) is 17.3. The van der Waals surface area contributed by atoms with Crippen molar-refractivity contribution >= 4 is 15.9 Å². The van der Waals surface area contributed by atoms with Crippen molar-refractivity contribution in [3.05, 3.63) is 27.8 Å². The molecule has 27 heavy (non-hydrogen) atoms. The van der Waals surface area contributed by atoms with Crippen LogP contribution in [0.25, 0.3) is 0 Å². The van der Waals surface area contributed by atoms with Gasteiger partial charge in [0, 0.05) is 25.0 Å². The Hall–Kier alpha value is -1.44. The van der Waals surface area contributed by atoms with Gasteiger partial charge in [0.25, 0.3) is 0 Å². The summed E-state index contributed by atoms with van der Waals surface area (Å²) in [5, 5.41) is 6.36. The summed E-state index contributed by atoms with van der Waals surface area (Å²) in [7, 11) is -3.66. The summed E-state index contributed by atoms with van der Waals surface area (Å²) in [6.45, 7) is 12.7. The SMILES string of the molecule is Cc1c(C)c(C)c(S(=O)(=O)NCCC(=O)NC2CCNC(C)C2)c(C)c1C. The summed E-state index contributed by atoms with van der Waals surface area (Å²) in [6, 6.07) is 0.554. The molecule has 1 aromatic rings. The number of hydrogen-bond donors (Lipinski definition) is 3. The van der Waals surface area contributed by atoms with Crippen LogP contribution in [-0.4, -0.2) is 39.5 Å². The molecule has 0 spiro atoms. The van der Waals surface area contributed by atoms with Crippen molar-refractivity contribution in [1.82, 2.24) is 15.4 Å². The fourth-order valence-electron chi connectivity index (χ4n) is 3.80. The molecule has 1 heterocycles. The third-order valence-electron chi connectivity index (χ3n) is 5.83. The number of amides is 1. The summed E-state index contributed by atoms with van der Waals surface area (Å²) in [5.74, 6) is -0.110. The number of piperidine rings is 1. The van der Waals surface area contributed by atoms with E-state index in [0.29, 0.717) is 10.9 Å². The van der Waals surface area contributed by atoms with E-state index in [1.54, 1.807) is 0 Å². The largest absolute Gasteiger partial charge is 0.353 e. The molecule has 0 aliphatic carbocycles. The average Bonchev–Trinajstić information content (AvgIpc) is 2.58. The normalized spacial score (nSPS) is 20.5. The van der Waals surface area contributed by atoms with Crippen LogP contribution in [0.2, 0.25) is 0 Å². The maximum Gasteiger partial charge on any atom is 0.241 e. The Bertz CT molecular complexity index is 789. The number of benzene rings is 1. The maximum atomic E-state index is 12.9. The minimum Gasteiger partial charge on any atom is -0.353 e. The summed E-state index contributed by atoms with van der Waals surface area (Å²) in [6.07, 6.45) is 1.94. The van der Waals surface area contributed by atoms with E-state index in [4.69, 9.17) is 0 Å². The second-order valence-corrected chi connectivity index (χ2v) is 9.45. The Morgan fingerprint density at radius 2 is 1.59 bits per heavy atom. The van der Waals surface area contributed by atoms with Gasteiger partial charge in [-0.3, -0.25) is 4.79 Å². The van der Waals surface area contributed by atoms with Crippen LogP contribution in [0.5, 0.6) is 0 Å². The first-order valence-electron chi connectivity index (χ1n) is 9.64. The van der Waals surface area contributed by atoms with Crippen molar-refractivity contribution in [3.8, 4) is 0 Å². The first-order valence-corrected chi connectivity index (χ1v) is 11.1. The van der Waals surface area contributed by atoms with Crippen LogP contribution in [0.4, 0.5) is 0 Å². The molecule has 0 radical (unpaired) electrons. The predicted octanol–water partition coefficient (Wildman–Crippen LogP) is 2.15. The van der Waals surface area contributed by atoms with E-state index in [1.165, 1.54) is 0 Å². The van der Waals surface area contributed by atoms with Crippen LogP contribution < -0.4 is 15.4 Å². The van der Waals surface area contributed by atoms with Gasteiger partial charge in [-0.1, -0.05) is 0 Å². The molecular weight excluding hydrogens is 362 g/mol. The van der Waals surface area contributed by atoms with Crippen LogP contribution in [0.15, 0.2) is 4.90 Å². The lowest BCUT2D eigenvalue weighted by Crippen LogP contribution is -2.47. The molecule has 1 saturated heterocycles. The molecule has 1 aromatic carbocycles. The third kappa shape index (κ3) is 5.09. The fourth-order valence-corrected chi connectivity index (χ4v) is 5.43. The van der Waals surface area contributed by atoms with Crippen molar-refractivity contribution in [1.29, 1.82) is 0 Å². The van der Waals surface area contributed by atoms with Gasteiger partial charge in [0.05, 0.1) is 4.90 Å². The van der Waals surface area contributed by atoms with Gasteiger partial charge in [-0.15, -0.1) is 0 Å². The predicted molar refractivity (Wildman–Crippen MR) is 109 cm³/mol. The van der Waals surface area contributed by atoms with Gasteiger partial charge >= 0.3 is 0 Å². The standard InChI is InChI=1S/C20H33N3O3S/c1-12-11-18(7-9-21-12)23-19(24)8-10-22-27(25,26)20-16(5)14(3)13(2)15(4)17(20)6/h12,18,21-22H,7-11H2,1-6H3,(H,23,24). The van der Waals surface area contributed by atoms with E-state index in [9.17, 15) is 13.2 Å². The quantitative estimate of drug-likeness (QED) is 0.689. The van der Waals surface area contributed by atoms with Gasteiger partial charge < -0.3 is 10.6 Å². The highest BCUT2D eigenvalue weighted by Gasteiger charge is 2.24. The summed E-state index contributed by atoms with van der Waals surface area (Å²) < 4.78 is 28.3. The Morgan fingerprint density at radius 1 is 1.04 bits per heavy atom. The summed E-state index contributed by atoms with van der Waals surface area (Å²) in [4.78, 5) is 12.5. The van der Waals surface area contributed by atoms with Gasteiger partial charge in [-0.05, 0) is 88.7 Å². The first kappa shape index (κ1) is 21.9. The Labute approximate surface area is 163 Å².